The number of imidazole rings is 1. The molecule has 1 aromatic heterocycles. The first-order valence-corrected chi connectivity index (χ1v) is 6.65. The second kappa shape index (κ2) is 5.24. The molecule has 5 N–H and O–H groups in total. The Morgan fingerprint density at radius 3 is 2.85 bits per heavy atom. The molecule has 0 saturated carbocycles. The second-order valence-corrected chi connectivity index (χ2v) is 5.96. The predicted octanol–water partition coefficient (Wildman–Crippen LogP) is -0.608. The number of rotatable bonds is 4. The number of nitrogens with zero attached hydrogens (tertiary/aromatic N) is 2. The number of carbonyl (C=O) groups excluding carboxylic acids is 2. The summed E-state index contributed by atoms with van der Waals surface area (Å²) in [5, 5.41) is 0. The van der Waals surface area contributed by atoms with E-state index in [0.29, 0.717) is 13.0 Å². The fraction of sp³-hybridized carbons (Fsp3) is 0.615. The summed E-state index contributed by atoms with van der Waals surface area (Å²) in [6.07, 6.45) is 4.27. The van der Waals surface area contributed by atoms with Crippen LogP contribution in [0.1, 0.15) is 26.0 Å². The molecule has 7 heteroatoms. The Morgan fingerprint density at radius 1 is 1.60 bits per heavy atom. The van der Waals surface area contributed by atoms with E-state index < -0.39 is 18.0 Å². The Hall–Kier alpha value is -1.89. The number of hydrogen-bond acceptors (Lipinski definition) is 4. The predicted molar refractivity (Wildman–Crippen MR) is 73.4 cm³/mol. The van der Waals surface area contributed by atoms with E-state index in [0.717, 1.165) is 12.1 Å². The third-order valence-electron chi connectivity index (χ3n) is 3.91. The van der Waals surface area contributed by atoms with Gasteiger partial charge in [0.2, 0.25) is 11.8 Å². The summed E-state index contributed by atoms with van der Waals surface area (Å²) in [4.78, 5) is 32.4. The smallest absolute Gasteiger partial charge is 0.240 e. The molecule has 1 fully saturated rings. The summed E-state index contributed by atoms with van der Waals surface area (Å²) < 4.78 is 0. The summed E-state index contributed by atoms with van der Waals surface area (Å²) in [6.45, 7) is 4.39. The van der Waals surface area contributed by atoms with Crippen molar-refractivity contribution in [1.29, 1.82) is 0 Å². The molecule has 1 aliphatic rings. The van der Waals surface area contributed by atoms with Gasteiger partial charge in [-0.2, -0.15) is 0 Å². The first kappa shape index (κ1) is 14.5. The monoisotopic (exact) mass is 279 g/mol. The molecule has 110 valence electrons. The van der Waals surface area contributed by atoms with Gasteiger partial charge in [0.25, 0.3) is 0 Å². The molecule has 1 aromatic rings. The van der Waals surface area contributed by atoms with E-state index in [1.54, 1.807) is 6.20 Å². The van der Waals surface area contributed by atoms with Gasteiger partial charge in [-0.1, -0.05) is 13.8 Å². The Balaban J connectivity index is 2.10. The average molecular weight is 279 g/mol. The molecule has 1 aliphatic heterocycles. The number of primary amides is 1. The van der Waals surface area contributed by atoms with Crippen molar-refractivity contribution in [3.05, 3.63) is 18.2 Å². The van der Waals surface area contributed by atoms with Gasteiger partial charge in [0.05, 0.1) is 12.4 Å². The Morgan fingerprint density at radius 2 is 2.30 bits per heavy atom. The number of nitrogens with two attached hydrogens (primary N) is 2. The van der Waals surface area contributed by atoms with Crippen LogP contribution < -0.4 is 11.5 Å². The Bertz CT molecular complexity index is 497. The molecule has 2 heterocycles. The molecule has 20 heavy (non-hydrogen) atoms. The fourth-order valence-corrected chi connectivity index (χ4v) is 2.81. The lowest BCUT2D eigenvalue weighted by Gasteiger charge is -2.31. The van der Waals surface area contributed by atoms with Crippen molar-refractivity contribution in [2.24, 2.45) is 16.9 Å². The van der Waals surface area contributed by atoms with Gasteiger partial charge in [0.15, 0.2) is 0 Å². The molecule has 1 unspecified atom stereocenters. The van der Waals surface area contributed by atoms with Crippen LogP contribution in [-0.2, 0) is 16.0 Å². The lowest BCUT2D eigenvalue weighted by Crippen LogP contribution is -2.54. The minimum Gasteiger partial charge on any atom is -0.368 e. The topological polar surface area (TPSA) is 118 Å². The molecule has 2 rings (SSSR count). The van der Waals surface area contributed by atoms with E-state index in [2.05, 4.69) is 9.97 Å². The van der Waals surface area contributed by atoms with Crippen LogP contribution in [0.4, 0.5) is 0 Å². The van der Waals surface area contributed by atoms with Gasteiger partial charge in [0.1, 0.15) is 6.04 Å². The number of aromatic nitrogens is 2. The standard InChI is InChI=1S/C13H21N5O2/c1-13(2)3-4-18(10(13)11(15)19)12(20)9(14)5-8-6-16-7-17-8/h6-7,9-10H,3-5,14H2,1-2H3,(H2,15,19)(H,16,17)/t9?,10-/m1/s1. The molecule has 0 radical (unpaired) electrons. The molecule has 1 saturated heterocycles. The fourth-order valence-electron chi connectivity index (χ4n) is 2.81. The van der Waals surface area contributed by atoms with Crippen LogP contribution in [0.25, 0.3) is 0 Å². The molecular formula is C13H21N5O2. The minimum atomic E-state index is -0.703. The van der Waals surface area contributed by atoms with Crippen LogP contribution in [0.5, 0.6) is 0 Å². The average Bonchev–Trinajstić information content (AvgIpc) is 2.95. The number of carbonyl (C=O) groups is 2. The summed E-state index contributed by atoms with van der Waals surface area (Å²) in [5.41, 5.74) is 11.9. The maximum atomic E-state index is 12.4. The third kappa shape index (κ3) is 2.67. The summed E-state index contributed by atoms with van der Waals surface area (Å²) in [7, 11) is 0. The number of hydrogen-bond donors (Lipinski definition) is 3. The van der Waals surface area contributed by atoms with E-state index in [9.17, 15) is 9.59 Å². The normalized spacial score (nSPS) is 22.8. The third-order valence-corrected chi connectivity index (χ3v) is 3.91. The van der Waals surface area contributed by atoms with Crippen LogP contribution in [-0.4, -0.2) is 45.3 Å². The summed E-state index contributed by atoms with van der Waals surface area (Å²) >= 11 is 0. The van der Waals surface area contributed by atoms with Crippen molar-refractivity contribution in [3.8, 4) is 0 Å². The highest BCUT2D eigenvalue weighted by atomic mass is 16.2. The largest absolute Gasteiger partial charge is 0.368 e. The van der Waals surface area contributed by atoms with Gasteiger partial charge in [-0.3, -0.25) is 9.59 Å². The van der Waals surface area contributed by atoms with E-state index >= 15 is 0 Å². The summed E-state index contributed by atoms with van der Waals surface area (Å²) in [5.74, 6) is -0.719. The maximum Gasteiger partial charge on any atom is 0.240 e. The second-order valence-electron chi connectivity index (χ2n) is 5.96. The molecule has 2 atom stereocenters. The maximum absolute atomic E-state index is 12.4. The van der Waals surface area contributed by atoms with Crippen molar-refractivity contribution in [3.63, 3.8) is 0 Å². The Kier molecular flexibility index (Phi) is 3.80. The number of aromatic amines is 1. The SMILES string of the molecule is CC1(C)CCN(C(=O)C(N)Cc2cnc[nH]2)[C@@H]1C(N)=O. The van der Waals surface area contributed by atoms with Gasteiger partial charge in [-0.05, 0) is 11.8 Å². The van der Waals surface area contributed by atoms with Crippen molar-refractivity contribution >= 4 is 11.8 Å². The quantitative estimate of drug-likeness (QED) is 0.681. The molecule has 0 spiro atoms. The lowest BCUT2D eigenvalue weighted by atomic mass is 9.84. The van der Waals surface area contributed by atoms with E-state index in [4.69, 9.17) is 11.5 Å². The van der Waals surface area contributed by atoms with Gasteiger partial charge >= 0.3 is 0 Å². The molecule has 0 bridgehead atoms. The van der Waals surface area contributed by atoms with Crippen molar-refractivity contribution in [2.45, 2.75) is 38.8 Å². The van der Waals surface area contributed by atoms with Gasteiger partial charge in [-0.25, -0.2) is 4.98 Å². The van der Waals surface area contributed by atoms with Crippen LogP contribution >= 0.6 is 0 Å². The van der Waals surface area contributed by atoms with Crippen molar-refractivity contribution in [2.75, 3.05) is 6.54 Å². The highest BCUT2D eigenvalue weighted by molar-refractivity contribution is 5.90. The van der Waals surface area contributed by atoms with E-state index in [1.165, 1.54) is 11.2 Å². The van der Waals surface area contributed by atoms with Crippen molar-refractivity contribution < 1.29 is 9.59 Å². The molecular weight excluding hydrogens is 258 g/mol. The van der Waals surface area contributed by atoms with Crippen LogP contribution in [0.15, 0.2) is 12.5 Å². The zero-order valence-electron chi connectivity index (χ0n) is 11.8. The number of amides is 2. The zero-order valence-corrected chi connectivity index (χ0v) is 11.8. The van der Waals surface area contributed by atoms with Gasteiger partial charge in [0, 0.05) is 24.9 Å². The zero-order chi connectivity index (χ0) is 14.9. The van der Waals surface area contributed by atoms with Crippen LogP contribution in [0.3, 0.4) is 0 Å². The number of likely N-dealkylation sites (tertiary alicyclic amines) is 1. The molecule has 0 aliphatic carbocycles. The number of nitrogens with one attached hydrogen (secondary N) is 1. The van der Waals surface area contributed by atoms with Crippen LogP contribution in [0.2, 0.25) is 0 Å². The number of H-pyrrole nitrogens is 1. The highest BCUT2D eigenvalue weighted by Crippen LogP contribution is 2.36. The van der Waals surface area contributed by atoms with Gasteiger partial charge in [-0.15, -0.1) is 0 Å². The highest BCUT2D eigenvalue weighted by Gasteiger charge is 2.46. The lowest BCUT2D eigenvalue weighted by molar-refractivity contribution is -0.140. The minimum absolute atomic E-state index is 0.242. The first-order chi connectivity index (χ1) is 9.33. The first-order valence-electron chi connectivity index (χ1n) is 6.65. The molecule has 0 aromatic carbocycles. The Labute approximate surface area is 117 Å². The van der Waals surface area contributed by atoms with E-state index in [-0.39, 0.29) is 11.3 Å². The summed E-state index contributed by atoms with van der Waals surface area (Å²) in [6, 6.07) is -1.30. The van der Waals surface area contributed by atoms with Crippen molar-refractivity contribution in [1.82, 2.24) is 14.9 Å². The van der Waals surface area contributed by atoms with Gasteiger partial charge < -0.3 is 21.4 Å². The van der Waals surface area contributed by atoms with Crippen LogP contribution in [0, 0.1) is 5.41 Å². The molecule has 7 nitrogen and oxygen atoms in total. The molecule has 2 amide bonds. The van der Waals surface area contributed by atoms with E-state index in [1.807, 2.05) is 13.8 Å².